The lowest BCUT2D eigenvalue weighted by Gasteiger charge is -2.18. The van der Waals surface area contributed by atoms with Crippen molar-refractivity contribution in [2.75, 3.05) is 6.54 Å². The number of benzene rings is 1. The van der Waals surface area contributed by atoms with Crippen LogP contribution < -0.4 is 5.32 Å². The van der Waals surface area contributed by atoms with Gasteiger partial charge in [0.25, 0.3) is 0 Å². The molecule has 1 unspecified atom stereocenters. The van der Waals surface area contributed by atoms with Crippen LogP contribution in [-0.2, 0) is 33.3 Å². The Balaban J connectivity index is 1.82. The van der Waals surface area contributed by atoms with Gasteiger partial charge in [-0.3, -0.25) is 0 Å². The summed E-state index contributed by atoms with van der Waals surface area (Å²) in [5.74, 6) is -0.384. The van der Waals surface area contributed by atoms with Gasteiger partial charge in [0.15, 0.2) is 0 Å². The van der Waals surface area contributed by atoms with Crippen molar-refractivity contribution in [1.29, 1.82) is 0 Å². The van der Waals surface area contributed by atoms with E-state index in [1.54, 1.807) is 19.9 Å². The summed E-state index contributed by atoms with van der Waals surface area (Å²) < 4.78 is 48.1. The number of nitrogens with zero attached hydrogens (tertiary/aromatic N) is 2. The molecule has 2 aromatic rings. The minimum absolute atomic E-state index is 0.0363. The Morgan fingerprint density at radius 3 is 2.29 bits per heavy atom. The highest BCUT2D eigenvalue weighted by Gasteiger charge is 2.30. The van der Waals surface area contributed by atoms with Crippen molar-refractivity contribution < 1.29 is 32.2 Å². The summed E-state index contributed by atoms with van der Waals surface area (Å²) in [6.07, 6.45) is -2.86. The van der Waals surface area contributed by atoms with E-state index in [1.807, 2.05) is 0 Å². The molecule has 0 fully saturated rings. The zero-order chi connectivity index (χ0) is 22.9. The molecule has 0 aliphatic heterocycles. The summed E-state index contributed by atoms with van der Waals surface area (Å²) in [4.78, 5) is 32.4. The van der Waals surface area contributed by atoms with Gasteiger partial charge in [0.05, 0.1) is 18.1 Å². The molecule has 0 bridgehead atoms. The molecular weight excluding hydrogens is 415 g/mol. The zero-order valence-electron chi connectivity index (χ0n) is 17.2. The number of hydrogen-bond acceptors (Lipinski definition) is 6. The molecule has 0 aliphatic carbocycles. The Hall–Kier alpha value is -3.17. The number of hydrogen-bond donors (Lipinski definition) is 1. The van der Waals surface area contributed by atoms with Gasteiger partial charge in [-0.1, -0.05) is 12.1 Å². The van der Waals surface area contributed by atoms with Crippen molar-refractivity contribution in [1.82, 2.24) is 15.3 Å². The fraction of sp³-hybridized carbons (Fsp3) is 0.429. The van der Waals surface area contributed by atoms with Crippen LogP contribution in [0.2, 0.25) is 0 Å². The van der Waals surface area contributed by atoms with E-state index in [9.17, 15) is 22.8 Å². The minimum Gasteiger partial charge on any atom is -0.460 e. The highest BCUT2D eigenvalue weighted by molar-refractivity contribution is 5.79. The Labute approximate surface area is 178 Å². The summed E-state index contributed by atoms with van der Waals surface area (Å²) >= 11 is 0. The molecule has 2 rings (SSSR count). The normalized spacial score (nSPS) is 12.3. The van der Waals surface area contributed by atoms with Crippen LogP contribution in [0.3, 0.4) is 0 Å². The fourth-order valence-corrected chi connectivity index (χ4v) is 2.60. The average Bonchev–Trinajstić information content (AvgIpc) is 2.71. The van der Waals surface area contributed by atoms with Crippen LogP contribution in [0.15, 0.2) is 42.7 Å². The number of aryl methyl sites for hydroxylation is 1. The van der Waals surface area contributed by atoms with E-state index in [4.69, 9.17) is 9.47 Å². The van der Waals surface area contributed by atoms with Gasteiger partial charge in [0, 0.05) is 18.9 Å². The molecule has 168 valence electrons. The molecule has 1 aromatic carbocycles. The van der Waals surface area contributed by atoms with E-state index >= 15 is 0 Å². The summed E-state index contributed by atoms with van der Waals surface area (Å²) in [6.45, 7) is 3.57. The largest absolute Gasteiger partial charge is 0.460 e. The van der Waals surface area contributed by atoms with E-state index < -0.39 is 29.9 Å². The number of alkyl halides is 3. The monoisotopic (exact) mass is 439 g/mol. The van der Waals surface area contributed by atoms with Crippen molar-refractivity contribution >= 4 is 12.1 Å². The highest BCUT2D eigenvalue weighted by atomic mass is 19.4. The number of aromatic nitrogens is 2. The summed E-state index contributed by atoms with van der Waals surface area (Å²) in [7, 11) is 0. The third-order valence-corrected chi connectivity index (χ3v) is 4.04. The summed E-state index contributed by atoms with van der Waals surface area (Å²) in [5, 5.41) is 2.52. The maximum absolute atomic E-state index is 12.6. The van der Waals surface area contributed by atoms with E-state index in [-0.39, 0.29) is 19.1 Å². The standard InChI is InChI=1S/C21H24F3N3O4/c1-14(2)30-19(28)17(13-18-25-11-4-12-26-18)31-20(29)27-10-3-5-15-6-8-16(9-7-15)21(22,23)24/h4,6-9,11-12,14,17H,3,5,10,13H2,1-2H3,(H,27,29). The molecule has 1 atom stereocenters. The van der Waals surface area contributed by atoms with Crippen LogP contribution in [0.1, 0.15) is 37.2 Å². The lowest BCUT2D eigenvalue weighted by atomic mass is 10.1. The molecule has 0 radical (unpaired) electrons. The van der Waals surface area contributed by atoms with Gasteiger partial charge >= 0.3 is 18.2 Å². The van der Waals surface area contributed by atoms with Crippen LogP contribution in [0, 0.1) is 0 Å². The average molecular weight is 439 g/mol. The maximum Gasteiger partial charge on any atom is 0.416 e. The molecule has 1 amide bonds. The second-order valence-electron chi connectivity index (χ2n) is 6.97. The smallest absolute Gasteiger partial charge is 0.416 e. The van der Waals surface area contributed by atoms with Crippen molar-refractivity contribution in [2.45, 2.75) is 51.5 Å². The van der Waals surface area contributed by atoms with Crippen LogP contribution in [0.25, 0.3) is 0 Å². The van der Waals surface area contributed by atoms with E-state index in [1.165, 1.54) is 24.5 Å². The number of rotatable bonds is 9. The Morgan fingerprint density at radius 1 is 1.06 bits per heavy atom. The van der Waals surface area contributed by atoms with Crippen LogP contribution in [0.5, 0.6) is 0 Å². The Bertz CT molecular complexity index is 843. The number of nitrogens with one attached hydrogen (secondary N) is 1. The van der Waals surface area contributed by atoms with Crippen molar-refractivity contribution in [3.05, 3.63) is 59.7 Å². The molecule has 0 saturated carbocycles. The van der Waals surface area contributed by atoms with E-state index in [2.05, 4.69) is 15.3 Å². The molecular formula is C21H24F3N3O4. The van der Waals surface area contributed by atoms with Crippen LogP contribution in [-0.4, -0.2) is 40.8 Å². The number of carbonyl (C=O) groups excluding carboxylic acids is 2. The van der Waals surface area contributed by atoms with E-state index in [0.29, 0.717) is 24.2 Å². The van der Waals surface area contributed by atoms with Crippen LogP contribution in [0.4, 0.5) is 18.0 Å². The first-order valence-electron chi connectivity index (χ1n) is 9.72. The molecule has 1 N–H and O–H groups in total. The summed E-state index contributed by atoms with van der Waals surface area (Å²) in [5.41, 5.74) is 0.00227. The van der Waals surface area contributed by atoms with Gasteiger partial charge in [-0.25, -0.2) is 19.6 Å². The predicted octanol–water partition coefficient (Wildman–Crippen LogP) is 3.72. The molecule has 7 nitrogen and oxygen atoms in total. The predicted molar refractivity (Wildman–Crippen MR) is 105 cm³/mol. The third kappa shape index (κ3) is 8.61. The van der Waals surface area contributed by atoms with Gasteiger partial charge in [-0.2, -0.15) is 13.2 Å². The van der Waals surface area contributed by atoms with Crippen LogP contribution >= 0.6 is 0 Å². The number of alkyl carbamates (subject to hydrolysis) is 1. The first-order valence-corrected chi connectivity index (χ1v) is 9.72. The lowest BCUT2D eigenvalue weighted by molar-refractivity contribution is -0.157. The van der Waals surface area contributed by atoms with Crippen molar-refractivity contribution in [2.24, 2.45) is 0 Å². The first kappa shape index (κ1) is 24.1. The first-order chi connectivity index (χ1) is 14.6. The van der Waals surface area contributed by atoms with E-state index in [0.717, 1.165) is 12.1 Å². The molecule has 0 spiro atoms. The Morgan fingerprint density at radius 2 is 1.71 bits per heavy atom. The van der Waals surface area contributed by atoms with Gasteiger partial charge in [-0.05, 0) is 50.5 Å². The van der Waals surface area contributed by atoms with Gasteiger partial charge in [-0.15, -0.1) is 0 Å². The SMILES string of the molecule is CC(C)OC(=O)C(Cc1ncccn1)OC(=O)NCCCc1ccc(C(F)(F)F)cc1. The van der Waals surface area contributed by atoms with Crippen molar-refractivity contribution in [3.8, 4) is 0 Å². The molecule has 0 aliphatic rings. The quantitative estimate of drug-likeness (QED) is 0.473. The maximum atomic E-state index is 12.6. The minimum atomic E-state index is -4.37. The summed E-state index contributed by atoms with van der Waals surface area (Å²) in [6, 6.07) is 6.47. The highest BCUT2D eigenvalue weighted by Crippen LogP contribution is 2.29. The third-order valence-electron chi connectivity index (χ3n) is 4.04. The number of ether oxygens (including phenoxy) is 2. The topological polar surface area (TPSA) is 90.4 Å². The van der Waals surface area contributed by atoms with Gasteiger partial charge < -0.3 is 14.8 Å². The number of carbonyl (C=O) groups is 2. The fourth-order valence-electron chi connectivity index (χ4n) is 2.60. The lowest BCUT2D eigenvalue weighted by Crippen LogP contribution is -2.37. The molecule has 1 heterocycles. The number of esters is 1. The van der Waals surface area contributed by atoms with Gasteiger partial charge in [0.2, 0.25) is 6.10 Å². The molecule has 31 heavy (non-hydrogen) atoms. The molecule has 1 aromatic heterocycles. The van der Waals surface area contributed by atoms with Gasteiger partial charge in [0.1, 0.15) is 5.82 Å². The second-order valence-corrected chi connectivity index (χ2v) is 6.97. The second kappa shape index (κ2) is 11.3. The van der Waals surface area contributed by atoms with Crippen molar-refractivity contribution in [3.63, 3.8) is 0 Å². The molecule has 0 saturated heterocycles. The molecule has 10 heteroatoms. The Kier molecular flexibility index (Phi) is 8.77. The zero-order valence-corrected chi connectivity index (χ0v) is 17.2. The number of halogens is 3. The number of amides is 1.